The molecule has 0 aromatic carbocycles. The monoisotopic (exact) mass is 338 g/mol. The second-order valence-corrected chi connectivity index (χ2v) is 11.3. The van der Waals surface area contributed by atoms with Crippen LogP contribution in [0, 0.1) is 0 Å². The number of rotatable bonds is 13. The highest BCUT2D eigenvalue weighted by Gasteiger charge is 2.30. The van der Waals surface area contributed by atoms with Crippen molar-refractivity contribution in [3.63, 3.8) is 0 Å². The molecule has 0 atom stereocenters. The van der Waals surface area contributed by atoms with Crippen molar-refractivity contribution in [3.8, 4) is 0 Å². The van der Waals surface area contributed by atoms with Crippen LogP contribution in [0.1, 0.15) is 71.1 Å². The van der Waals surface area contributed by atoms with Gasteiger partial charge in [0.25, 0.3) is 0 Å². The van der Waals surface area contributed by atoms with Gasteiger partial charge >= 0.3 is 7.18 Å². The first kappa shape index (κ1) is 18.6. The molecule has 0 amide bonds. The number of halogens is 1. The van der Waals surface area contributed by atoms with Gasteiger partial charge in [0.1, 0.15) is 0 Å². The summed E-state index contributed by atoms with van der Waals surface area (Å²) in [5.74, 6) is 0. The fourth-order valence-corrected chi connectivity index (χ4v) is 4.20. The molecule has 0 aliphatic heterocycles. The molecule has 18 heavy (non-hydrogen) atoms. The lowest BCUT2D eigenvalue weighted by molar-refractivity contribution is 0.268. The standard InChI is InChI=1S/C14H31BrO2Si/c1-4-5-6-7-8-9-10-11-12-13-14-18(15,16-2)17-3/h4-14H2,1-3H3. The topological polar surface area (TPSA) is 18.5 Å². The lowest BCUT2D eigenvalue weighted by Gasteiger charge is -2.19. The number of unbranched alkanes of at least 4 members (excludes halogenated alkanes) is 9. The third-order valence-corrected chi connectivity index (χ3v) is 8.74. The predicted molar refractivity (Wildman–Crippen MR) is 85.4 cm³/mol. The highest BCUT2D eigenvalue weighted by Crippen LogP contribution is 2.23. The summed E-state index contributed by atoms with van der Waals surface area (Å²) < 4.78 is 10.8. The molecule has 0 radical (unpaired) electrons. The van der Waals surface area contributed by atoms with Gasteiger partial charge in [0.05, 0.1) is 0 Å². The summed E-state index contributed by atoms with van der Waals surface area (Å²) in [7, 11) is 1.50. The minimum Gasteiger partial charge on any atom is -0.390 e. The van der Waals surface area contributed by atoms with Crippen LogP contribution in [0.3, 0.4) is 0 Å². The molecular weight excluding hydrogens is 308 g/mol. The van der Waals surface area contributed by atoms with Gasteiger partial charge in [-0.05, 0) is 0 Å². The quantitative estimate of drug-likeness (QED) is 0.249. The van der Waals surface area contributed by atoms with Crippen molar-refractivity contribution in [1.82, 2.24) is 0 Å². The van der Waals surface area contributed by atoms with E-state index in [0.29, 0.717) is 0 Å². The Morgan fingerprint density at radius 1 is 0.722 bits per heavy atom. The molecule has 0 N–H and O–H groups in total. The Morgan fingerprint density at radius 3 is 1.50 bits per heavy atom. The summed E-state index contributed by atoms with van der Waals surface area (Å²) in [6.07, 6.45) is 13.7. The Bertz CT molecular complexity index is 175. The van der Waals surface area contributed by atoms with E-state index in [1.165, 1.54) is 64.2 Å². The summed E-state index contributed by atoms with van der Waals surface area (Å²) in [6.45, 7) is 2.27. The molecule has 0 bridgehead atoms. The molecule has 4 heteroatoms. The summed E-state index contributed by atoms with van der Waals surface area (Å²) in [5, 5.41) is 0. The normalized spacial score (nSPS) is 12.0. The Hall–Kier alpha value is 0.617. The highest BCUT2D eigenvalue weighted by molar-refractivity contribution is 9.25. The van der Waals surface area contributed by atoms with Gasteiger partial charge < -0.3 is 8.85 Å². The van der Waals surface area contributed by atoms with Crippen molar-refractivity contribution in [1.29, 1.82) is 0 Å². The zero-order chi connectivity index (χ0) is 13.7. The van der Waals surface area contributed by atoms with Crippen molar-refractivity contribution in [3.05, 3.63) is 0 Å². The molecule has 0 rings (SSSR count). The van der Waals surface area contributed by atoms with E-state index < -0.39 is 7.18 Å². The molecule has 0 heterocycles. The number of hydrogen-bond donors (Lipinski definition) is 0. The molecule has 0 aliphatic rings. The van der Waals surface area contributed by atoms with Crippen LogP contribution >= 0.6 is 15.3 Å². The maximum Gasteiger partial charge on any atom is 0.413 e. The predicted octanol–water partition coefficient (Wildman–Crippen LogP) is 5.53. The zero-order valence-corrected chi connectivity index (χ0v) is 15.1. The van der Waals surface area contributed by atoms with Crippen molar-refractivity contribution >= 4 is 22.5 Å². The van der Waals surface area contributed by atoms with Crippen LogP contribution < -0.4 is 0 Å². The average molecular weight is 339 g/mol. The second-order valence-electron chi connectivity index (χ2n) is 5.00. The summed E-state index contributed by atoms with van der Waals surface area (Å²) in [5.41, 5.74) is 0. The first-order valence-electron chi connectivity index (χ1n) is 7.47. The van der Waals surface area contributed by atoms with Crippen LogP contribution in [-0.2, 0) is 8.85 Å². The third kappa shape index (κ3) is 10.5. The van der Waals surface area contributed by atoms with E-state index in [1.807, 2.05) is 0 Å². The molecule has 0 aliphatic carbocycles. The van der Waals surface area contributed by atoms with E-state index in [2.05, 4.69) is 22.2 Å². The number of hydrogen-bond acceptors (Lipinski definition) is 2. The minimum atomic E-state index is -1.98. The Labute approximate surface area is 123 Å². The molecule has 0 unspecified atom stereocenters. The van der Waals surface area contributed by atoms with Gasteiger partial charge in [-0.3, -0.25) is 0 Å². The third-order valence-electron chi connectivity index (χ3n) is 3.44. The lowest BCUT2D eigenvalue weighted by Crippen LogP contribution is -2.32. The fourth-order valence-electron chi connectivity index (χ4n) is 2.11. The van der Waals surface area contributed by atoms with Crippen LogP contribution in [0.2, 0.25) is 6.04 Å². The summed E-state index contributed by atoms with van der Waals surface area (Å²) >= 11 is 3.60. The van der Waals surface area contributed by atoms with E-state index in [1.54, 1.807) is 14.2 Å². The molecule has 0 aromatic rings. The molecule has 0 aromatic heterocycles. The Balaban J connectivity index is 3.21. The van der Waals surface area contributed by atoms with E-state index in [9.17, 15) is 0 Å². The van der Waals surface area contributed by atoms with Crippen molar-refractivity contribution < 1.29 is 8.85 Å². The molecule has 0 spiro atoms. The van der Waals surface area contributed by atoms with Crippen LogP contribution in [0.5, 0.6) is 0 Å². The summed E-state index contributed by atoms with van der Waals surface area (Å²) in [4.78, 5) is 0. The highest BCUT2D eigenvalue weighted by atomic mass is 79.9. The van der Waals surface area contributed by atoms with Gasteiger partial charge in [-0.15, -0.1) is 0 Å². The van der Waals surface area contributed by atoms with Crippen molar-refractivity contribution in [2.45, 2.75) is 77.2 Å². The second kappa shape index (κ2) is 12.6. The molecule has 0 fully saturated rings. The zero-order valence-electron chi connectivity index (χ0n) is 12.5. The van der Waals surface area contributed by atoms with Gasteiger partial charge in [-0.25, -0.2) is 0 Å². The Morgan fingerprint density at radius 2 is 1.11 bits per heavy atom. The molecular formula is C14H31BrO2Si. The van der Waals surface area contributed by atoms with Gasteiger partial charge in [0.15, 0.2) is 0 Å². The molecule has 0 saturated heterocycles. The van der Waals surface area contributed by atoms with Crippen LogP contribution in [0.15, 0.2) is 0 Å². The lowest BCUT2D eigenvalue weighted by atomic mass is 10.1. The first-order chi connectivity index (χ1) is 8.68. The van der Waals surface area contributed by atoms with Crippen LogP contribution in [0.25, 0.3) is 0 Å². The van der Waals surface area contributed by atoms with Crippen LogP contribution in [-0.4, -0.2) is 21.4 Å². The average Bonchev–Trinajstić information content (AvgIpc) is 2.40. The van der Waals surface area contributed by atoms with E-state index in [-0.39, 0.29) is 0 Å². The van der Waals surface area contributed by atoms with Gasteiger partial charge in [0.2, 0.25) is 0 Å². The fraction of sp³-hybridized carbons (Fsp3) is 1.00. The van der Waals surface area contributed by atoms with Gasteiger partial charge in [-0.2, -0.15) is 0 Å². The van der Waals surface area contributed by atoms with E-state index in [0.717, 1.165) is 6.04 Å². The molecule has 2 nitrogen and oxygen atoms in total. The van der Waals surface area contributed by atoms with Crippen LogP contribution in [0.4, 0.5) is 0 Å². The SMILES string of the molecule is CCCCCCCCCCCC[Si](Br)(OC)OC. The van der Waals surface area contributed by atoms with Gasteiger partial charge in [-0.1, -0.05) is 86.4 Å². The molecule has 110 valence electrons. The summed E-state index contributed by atoms with van der Waals surface area (Å²) in [6, 6.07) is 1.05. The smallest absolute Gasteiger partial charge is 0.390 e. The maximum atomic E-state index is 5.40. The first-order valence-corrected chi connectivity index (χ1v) is 11.8. The van der Waals surface area contributed by atoms with Crippen molar-refractivity contribution in [2.75, 3.05) is 14.2 Å². The molecule has 0 saturated carbocycles. The Kier molecular flexibility index (Phi) is 13.1. The van der Waals surface area contributed by atoms with E-state index in [4.69, 9.17) is 8.85 Å². The maximum absolute atomic E-state index is 5.40. The van der Waals surface area contributed by atoms with Crippen molar-refractivity contribution in [2.24, 2.45) is 0 Å². The van der Waals surface area contributed by atoms with Gasteiger partial charge in [0, 0.05) is 20.3 Å². The minimum absolute atomic E-state index is 1.05. The largest absolute Gasteiger partial charge is 0.413 e. The van der Waals surface area contributed by atoms with E-state index >= 15 is 0 Å².